The number of rotatable bonds is 3. The third-order valence-electron chi connectivity index (χ3n) is 4.22. The second-order valence-corrected chi connectivity index (χ2v) is 5.49. The Bertz CT molecular complexity index is 247. The van der Waals surface area contributed by atoms with Crippen molar-refractivity contribution in [2.24, 2.45) is 5.92 Å². The number of hydrogen-bond acceptors (Lipinski definition) is 2. The standard InChI is InChI=1S/C14H26N2O/c1-2-5-13-6-3-4-11-16(13)14(17)12-7-9-15-10-8-12/h12-13,15H,2-11H2,1H3. The van der Waals surface area contributed by atoms with Gasteiger partial charge >= 0.3 is 0 Å². The fraction of sp³-hybridized carbons (Fsp3) is 0.929. The van der Waals surface area contributed by atoms with Crippen LogP contribution in [0.4, 0.5) is 0 Å². The second kappa shape index (κ2) is 6.39. The van der Waals surface area contributed by atoms with Crippen LogP contribution in [0, 0.1) is 5.92 Å². The predicted molar refractivity (Wildman–Crippen MR) is 69.9 cm³/mol. The van der Waals surface area contributed by atoms with Gasteiger partial charge in [0.1, 0.15) is 0 Å². The molecule has 0 aromatic heterocycles. The summed E-state index contributed by atoms with van der Waals surface area (Å²) in [7, 11) is 0. The lowest BCUT2D eigenvalue weighted by Crippen LogP contribution is -2.48. The Morgan fingerprint density at radius 3 is 2.71 bits per heavy atom. The van der Waals surface area contributed by atoms with E-state index in [0.29, 0.717) is 17.9 Å². The van der Waals surface area contributed by atoms with E-state index in [9.17, 15) is 4.79 Å². The van der Waals surface area contributed by atoms with Gasteiger partial charge in [0.15, 0.2) is 0 Å². The van der Waals surface area contributed by atoms with Crippen LogP contribution in [0.15, 0.2) is 0 Å². The molecule has 2 aliphatic heterocycles. The average molecular weight is 238 g/mol. The first-order chi connectivity index (χ1) is 8.33. The van der Waals surface area contributed by atoms with Crippen LogP contribution in [0.5, 0.6) is 0 Å². The SMILES string of the molecule is CCCC1CCCCN1C(=O)C1CCNCC1. The highest BCUT2D eigenvalue weighted by atomic mass is 16.2. The van der Waals surface area contributed by atoms with Gasteiger partial charge in [-0.25, -0.2) is 0 Å². The molecule has 1 unspecified atom stereocenters. The molecular weight excluding hydrogens is 212 g/mol. The van der Waals surface area contributed by atoms with Gasteiger partial charge in [-0.05, 0) is 51.6 Å². The zero-order chi connectivity index (χ0) is 12.1. The van der Waals surface area contributed by atoms with Crippen molar-refractivity contribution < 1.29 is 4.79 Å². The van der Waals surface area contributed by atoms with Crippen LogP contribution in [0.25, 0.3) is 0 Å². The van der Waals surface area contributed by atoms with Gasteiger partial charge in [-0.1, -0.05) is 13.3 Å². The molecule has 2 rings (SSSR count). The van der Waals surface area contributed by atoms with E-state index in [1.54, 1.807) is 0 Å². The molecule has 2 fully saturated rings. The van der Waals surface area contributed by atoms with E-state index in [1.165, 1.54) is 32.1 Å². The van der Waals surface area contributed by atoms with Gasteiger partial charge in [0.2, 0.25) is 5.91 Å². The normalized spacial score (nSPS) is 27.1. The van der Waals surface area contributed by atoms with Crippen LogP contribution >= 0.6 is 0 Å². The third-order valence-corrected chi connectivity index (χ3v) is 4.22. The van der Waals surface area contributed by atoms with Crippen LogP contribution in [-0.2, 0) is 4.79 Å². The zero-order valence-electron chi connectivity index (χ0n) is 11.1. The van der Waals surface area contributed by atoms with Crippen LogP contribution in [0.1, 0.15) is 51.9 Å². The monoisotopic (exact) mass is 238 g/mol. The number of amides is 1. The first-order valence-corrected chi connectivity index (χ1v) is 7.34. The highest BCUT2D eigenvalue weighted by Gasteiger charge is 2.31. The van der Waals surface area contributed by atoms with Crippen LogP contribution < -0.4 is 5.32 Å². The highest BCUT2D eigenvalue weighted by molar-refractivity contribution is 5.79. The Balaban J connectivity index is 1.94. The zero-order valence-corrected chi connectivity index (χ0v) is 11.1. The lowest BCUT2D eigenvalue weighted by molar-refractivity contribution is -0.140. The summed E-state index contributed by atoms with van der Waals surface area (Å²) in [6.07, 6.45) is 8.20. The number of carbonyl (C=O) groups is 1. The molecule has 1 atom stereocenters. The molecule has 1 amide bonds. The summed E-state index contributed by atoms with van der Waals surface area (Å²) in [5, 5.41) is 3.34. The number of nitrogens with one attached hydrogen (secondary N) is 1. The van der Waals surface area contributed by atoms with E-state index in [0.717, 1.165) is 32.5 Å². The molecule has 0 saturated carbocycles. The van der Waals surface area contributed by atoms with E-state index >= 15 is 0 Å². The molecule has 0 radical (unpaired) electrons. The number of hydrogen-bond donors (Lipinski definition) is 1. The van der Waals surface area contributed by atoms with Gasteiger partial charge in [-0.2, -0.15) is 0 Å². The van der Waals surface area contributed by atoms with Gasteiger partial charge in [0, 0.05) is 18.5 Å². The Morgan fingerprint density at radius 1 is 1.24 bits per heavy atom. The van der Waals surface area contributed by atoms with Crippen molar-refractivity contribution in [1.29, 1.82) is 0 Å². The van der Waals surface area contributed by atoms with Crippen molar-refractivity contribution in [2.75, 3.05) is 19.6 Å². The quantitative estimate of drug-likeness (QED) is 0.817. The van der Waals surface area contributed by atoms with Gasteiger partial charge in [-0.3, -0.25) is 4.79 Å². The van der Waals surface area contributed by atoms with E-state index in [4.69, 9.17) is 0 Å². The van der Waals surface area contributed by atoms with E-state index in [-0.39, 0.29) is 0 Å². The molecule has 0 aromatic rings. The van der Waals surface area contributed by atoms with Crippen molar-refractivity contribution in [3.63, 3.8) is 0 Å². The van der Waals surface area contributed by atoms with Crippen molar-refractivity contribution >= 4 is 5.91 Å². The number of nitrogens with zero attached hydrogens (tertiary/aromatic N) is 1. The van der Waals surface area contributed by atoms with Gasteiger partial charge in [-0.15, -0.1) is 0 Å². The van der Waals surface area contributed by atoms with Crippen molar-refractivity contribution in [3.05, 3.63) is 0 Å². The number of carbonyl (C=O) groups excluding carboxylic acids is 1. The Hall–Kier alpha value is -0.570. The lowest BCUT2D eigenvalue weighted by atomic mass is 9.92. The molecule has 1 N–H and O–H groups in total. The molecule has 2 saturated heterocycles. The fourth-order valence-corrected chi connectivity index (χ4v) is 3.23. The molecule has 98 valence electrons. The van der Waals surface area contributed by atoms with Crippen molar-refractivity contribution in [2.45, 2.75) is 57.9 Å². The first-order valence-electron chi connectivity index (χ1n) is 7.34. The molecule has 0 bridgehead atoms. The second-order valence-electron chi connectivity index (χ2n) is 5.49. The molecule has 3 heteroatoms. The maximum absolute atomic E-state index is 12.5. The molecule has 3 nitrogen and oxygen atoms in total. The maximum atomic E-state index is 12.5. The van der Waals surface area contributed by atoms with E-state index in [1.807, 2.05) is 0 Å². The van der Waals surface area contributed by atoms with E-state index in [2.05, 4.69) is 17.1 Å². The molecule has 0 spiro atoms. The molecule has 0 aromatic carbocycles. The summed E-state index contributed by atoms with van der Waals surface area (Å²) in [5.41, 5.74) is 0. The highest BCUT2D eigenvalue weighted by Crippen LogP contribution is 2.25. The van der Waals surface area contributed by atoms with Crippen LogP contribution in [0.2, 0.25) is 0 Å². The van der Waals surface area contributed by atoms with Gasteiger partial charge in [0.05, 0.1) is 0 Å². The Kier molecular flexibility index (Phi) is 4.84. The summed E-state index contributed by atoms with van der Waals surface area (Å²) < 4.78 is 0. The minimum absolute atomic E-state index is 0.300. The smallest absolute Gasteiger partial charge is 0.226 e. The summed E-state index contributed by atoms with van der Waals surface area (Å²) in [4.78, 5) is 14.7. The van der Waals surface area contributed by atoms with Crippen LogP contribution in [-0.4, -0.2) is 36.5 Å². The summed E-state index contributed by atoms with van der Waals surface area (Å²) in [6.45, 7) is 5.26. The summed E-state index contributed by atoms with van der Waals surface area (Å²) in [5.74, 6) is 0.748. The third kappa shape index (κ3) is 3.21. The summed E-state index contributed by atoms with van der Waals surface area (Å²) >= 11 is 0. The molecule has 2 aliphatic rings. The number of piperidine rings is 2. The molecular formula is C14H26N2O. The minimum Gasteiger partial charge on any atom is -0.339 e. The topological polar surface area (TPSA) is 32.3 Å². The predicted octanol–water partition coefficient (Wildman–Crippen LogP) is 2.17. The minimum atomic E-state index is 0.300. The number of likely N-dealkylation sites (tertiary alicyclic amines) is 1. The first kappa shape index (κ1) is 12.9. The Morgan fingerprint density at radius 2 is 2.00 bits per heavy atom. The van der Waals surface area contributed by atoms with E-state index < -0.39 is 0 Å². The van der Waals surface area contributed by atoms with Crippen molar-refractivity contribution in [3.8, 4) is 0 Å². The molecule has 17 heavy (non-hydrogen) atoms. The lowest BCUT2D eigenvalue weighted by Gasteiger charge is -2.38. The fourth-order valence-electron chi connectivity index (χ4n) is 3.23. The molecule has 0 aliphatic carbocycles. The average Bonchev–Trinajstić information content (AvgIpc) is 2.40. The summed E-state index contributed by atoms with van der Waals surface area (Å²) in [6, 6.07) is 0.538. The largest absolute Gasteiger partial charge is 0.339 e. The molecule has 2 heterocycles. The maximum Gasteiger partial charge on any atom is 0.226 e. The van der Waals surface area contributed by atoms with Crippen LogP contribution in [0.3, 0.4) is 0 Å². The Labute approximate surface area is 105 Å². The van der Waals surface area contributed by atoms with Gasteiger partial charge in [0.25, 0.3) is 0 Å². The van der Waals surface area contributed by atoms with Crippen molar-refractivity contribution in [1.82, 2.24) is 10.2 Å². The van der Waals surface area contributed by atoms with Gasteiger partial charge < -0.3 is 10.2 Å².